The lowest BCUT2D eigenvalue weighted by Gasteiger charge is -2.37. The number of carbonyl (C=O) groups excluding carboxylic acids is 8. The molecule has 2 aliphatic rings. The van der Waals surface area contributed by atoms with Gasteiger partial charge in [-0.3, -0.25) is 28.8 Å². The molecule has 0 amide bonds. The van der Waals surface area contributed by atoms with Crippen molar-refractivity contribution in [3.8, 4) is 5.75 Å². The fraction of sp³-hybridized carbons (Fsp3) is 0.389. The van der Waals surface area contributed by atoms with Crippen LogP contribution in [0.4, 0.5) is 17.1 Å². The van der Waals surface area contributed by atoms with Crippen LogP contribution in [-0.2, 0) is 81.0 Å². The molecule has 77 heavy (non-hydrogen) atoms. The molecule has 22 nitrogen and oxygen atoms in total. The van der Waals surface area contributed by atoms with Crippen LogP contribution >= 0.6 is 0 Å². The molecule has 0 saturated carbocycles. The highest BCUT2D eigenvalue weighted by Gasteiger charge is 2.39. The first-order chi connectivity index (χ1) is 36.4. The van der Waals surface area contributed by atoms with E-state index in [1.165, 1.54) is 19.8 Å². The van der Waals surface area contributed by atoms with E-state index in [1.807, 2.05) is 34.3 Å². The van der Waals surface area contributed by atoms with Gasteiger partial charge in [-0.25, -0.2) is 14.2 Å². The summed E-state index contributed by atoms with van der Waals surface area (Å²) in [7, 11) is 5.59. The van der Waals surface area contributed by atoms with Crippen LogP contribution < -0.4 is 29.8 Å². The summed E-state index contributed by atoms with van der Waals surface area (Å²) in [5.41, 5.74) is 6.92. The summed E-state index contributed by atoms with van der Waals surface area (Å²) in [6.45, 7) is 5.70. The van der Waals surface area contributed by atoms with Crippen molar-refractivity contribution in [2.24, 2.45) is 0 Å². The van der Waals surface area contributed by atoms with E-state index < -0.39 is 109 Å². The Morgan fingerprint density at radius 2 is 0.974 bits per heavy atom. The van der Waals surface area contributed by atoms with E-state index in [2.05, 4.69) is 59.3 Å². The number of ether oxygens (including phenoxy) is 10. The number of hydrogen-bond donors (Lipinski definition) is 0. The summed E-state index contributed by atoms with van der Waals surface area (Å²) in [6.07, 6.45) is 5.33. The molecule has 0 N–H and O–H groups in total. The Balaban J connectivity index is 1.62. The molecule has 1 heterocycles. The molecular formula is C54H65N4O18Si+. The number of fused-ring (bicyclic) bond motifs is 2. The number of rotatable bonds is 24. The Morgan fingerprint density at radius 3 is 1.42 bits per heavy atom. The molecule has 0 unspecified atom stereocenters. The molecule has 3 aromatic rings. The third-order valence-electron chi connectivity index (χ3n) is 11.8. The van der Waals surface area contributed by atoms with Gasteiger partial charge in [-0.2, -0.15) is 0 Å². The maximum atomic E-state index is 13.4. The quantitative estimate of drug-likeness (QED) is 0.0313. The van der Waals surface area contributed by atoms with Gasteiger partial charge in [-0.1, -0.05) is 31.3 Å². The lowest BCUT2D eigenvalue weighted by Crippen LogP contribution is -2.58. The zero-order valence-electron chi connectivity index (χ0n) is 45.1. The molecule has 0 aromatic heterocycles. The van der Waals surface area contributed by atoms with Crippen LogP contribution in [0.3, 0.4) is 0 Å². The van der Waals surface area contributed by atoms with Crippen molar-refractivity contribution >= 4 is 94.5 Å². The fourth-order valence-electron chi connectivity index (χ4n) is 8.01. The Labute approximate surface area is 447 Å². The number of benzene rings is 3. The normalized spacial score (nSPS) is 12.8. The molecule has 0 bridgehead atoms. The molecule has 1 aliphatic heterocycles. The van der Waals surface area contributed by atoms with Crippen molar-refractivity contribution in [1.29, 1.82) is 0 Å². The van der Waals surface area contributed by atoms with Gasteiger partial charge in [0.1, 0.15) is 40.1 Å². The number of hydrogen-bond acceptors (Lipinski definition) is 21. The lowest BCUT2D eigenvalue weighted by molar-refractivity contribution is -0.509. The summed E-state index contributed by atoms with van der Waals surface area (Å²) < 4.78 is 53.9. The van der Waals surface area contributed by atoms with E-state index in [0.29, 0.717) is 0 Å². The van der Waals surface area contributed by atoms with Crippen molar-refractivity contribution in [1.82, 2.24) is 0 Å². The fourth-order valence-corrected chi connectivity index (χ4v) is 11.1. The minimum absolute atomic E-state index is 0.167. The van der Waals surface area contributed by atoms with Crippen LogP contribution in [0, 0.1) is 6.92 Å². The van der Waals surface area contributed by atoms with Gasteiger partial charge in [0.2, 0.25) is 46.0 Å². The minimum Gasteiger partial charge on any atom is -0.488 e. The van der Waals surface area contributed by atoms with Gasteiger partial charge in [-0.05, 0) is 93.7 Å². The van der Waals surface area contributed by atoms with E-state index in [-0.39, 0.29) is 36.1 Å². The molecule has 0 atom stereocenters. The van der Waals surface area contributed by atoms with Gasteiger partial charge in [0.05, 0.1) is 5.69 Å². The third-order valence-corrected chi connectivity index (χ3v) is 15.3. The maximum Gasteiger partial charge on any atom is 0.375 e. The summed E-state index contributed by atoms with van der Waals surface area (Å²) in [5, 5.41) is 2.40. The number of aryl methyl sites for hydroxylation is 1. The number of anilines is 3. The number of carbonyl (C=O) groups is 8. The van der Waals surface area contributed by atoms with Crippen molar-refractivity contribution in [3.05, 3.63) is 101 Å². The standard InChI is InChI=1S/C54H65N4O18Si/c1-34-12-18-44(57(26-50(63)73-30-69-35(2)59)27-51(64)74-31-70-36(3)60)46(22-34)67-20-21-68-47-23-39(13-19-45(47)58(28-52(65)75-32-71-37(4)61)29-53(66)76-33-72-38(5)62)54-42-16-14-40(55(6)7)24-48(42)77(10,11)49-25-41(56(8)9)15-17-43(49)54/h12-19,22-25H,20-21,26-33H2,1-11H3/q+1. The second-order valence-electron chi connectivity index (χ2n) is 18.4. The number of esters is 8. The zero-order valence-corrected chi connectivity index (χ0v) is 46.1. The Kier molecular flexibility index (Phi) is 21.1. The predicted octanol–water partition coefficient (Wildman–Crippen LogP) is 3.13. The van der Waals surface area contributed by atoms with E-state index in [1.54, 1.807) is 37.3 Å². The molecule has 5 rings (SSSR count). The minimum atomic E-state index is -2.38. The van der Waals surface area contributed by atoms with Gasteiger partial charge in [0, 0.05) is 73.3 Å². The molecule has 412 valence electrons. The van der Waals surface area contributed by atoms with E-state index >= 15 is 0 Å². The average molecular weight is 1090 g/mol. The van der Waals surface area contributed by atoms with Crippen molar-refractivity contribution in [3.63, 3.8) is 0 Å². The van der Waals surface area contributed by atoms with Crippen molar-refractivity contribution in [2.75, 3.05) is 109 Å². The van der Waals surface area contributed by atoms with Gasteiger partial charge < -0.3 is 62.1 Å². The largest absolute Gasteiger partial charge is 0.488 e. The van der Waals surface area contributed by atoms with Crippen molar-refractivity contribution in [2.45, 2.75) is 47.7 Å². The van der Waals surface area contributed by atoms with E-state index in [0.717, 1.165) is 66.9 Å². The lowest BCUT2D eigenvalue weighted by atomic mass is 9.89. The maximum absolute atomic E-state index is 13.4. The highest BCUT2D eigenvalue weighted by Crippen LogP contribution is 2.37. The first-order valence-corrected chi connectivity index (χ1v) is 27.1. The third kappa shape index (κ3) is 17.0. The van der Waals surface area contributed by atoms with Gasteiger partial charge in [0.15, 0.2) is 5.76 Å². The summed E-state index contributed by atoms with van der Waals surface area (Å²) in [6, 6.07) is 17.8. The van der Waals surface area contributed by atoms with E-state index in [4.69, 9.17) is 47.4 Å². The monoisotopic (exact) mass is 1090 g/mol. The topological polar surface area (TPSA) is 242 Å². The number of allylic oxidation sites excluding steroid dienone is 4. The molecule has 0 radical (unpaired) electrons. The van der Waals surface area contributed by atoms with Crippen LogP contribution in [-0.4, -0.2) is 161 Å². The van der Waals surface area contributed by atoms with Crippen molar-refractivity contribution < 1.29 is 90.3 Å². The molecular weight excluding hydrogens is 1020 g/mol. The molecule has 0 fully saturated rings. The second kappa shape index (κ2) is 27.4. The predicted molar refractivity (Wildman–Crippen MR) is 282 cm³/mol. The van der Waals surface area contributed by atoms with Gasteiger partial charge >= 0.3 is 47.8 Å². The van der Waals surface area contributed by atoms with Crippen LogP contribution in [0.1, 0.15) is 44.4 Å². The first-order valence-electron chi connectivity index (χ1n) is 24.1. The average Bonchev–Trinajstić information content (AvgIpc) is 3.41. The van der Waals surface area contributed by atoms with Crippen LogP contribution in [0.2, 0.25) is 13.1 Å². The molecule has 23 heteroatoms. The Hall–Kier alpha value is -8.47. The highest BCUT2D eigenvalue weighted by atomic mass is 28.3. The smallest absolute Gasteiger partial charge is 0.375 e. The van der Waals surface area contributed by atoms with Crippen LogP contribution in [0.25, 0.3) is 5.57 Å². The molecule has 3 aromatic carbocycles. The molecule has 1 aliphatic carbocycles. The molecule has 0 spiro atoms. The molecule has 0 saturated heterocycles. The first kappa shape index (κ1) is 59.4. The van der Waals surface area contributed by atoms with Gasteiger partial charge in [-0.15, -0.1) is 0 Å². The number of nitrogens with zero attached hydrogens (tertiary/aromatic N) is 4. The summed E-state index contributed by atoms with van der Waals surface area (Å²) in [5.74, 6) is -5.89. The Morgan fingerprint density at radius 1 is 0.532 bits per heavy atom. The second-order valence-corrected chi connectivity index (χ2v) is 22.7. The summed E-state index contributed by atoms with van der Waals surface area (Å²) in [4.78, 5) is 104. The van der Waals surface area contributed by atoms with Crippen LogP contribution in [0.15, 0.2) is 84.2 Å². The Bertz CT molecular complexity index is 2750. The zero-order chi connectivity index (χ0) is 56.6. The van der Waals surface area contributed by atoms with E-state index in [9.17, 15) is 38.4 Å². The SMILES string of the molecule is CC(=O)OCOC(=O)CN(CC(=O)OCOC(C)=O)c1ccc(C)cc1OCCOC1=CC(=C2c3ccc(N(C)C)cc3[Si](C)(C)c3cc(N(C)C)ccc32)C=CC1=[N+](CC(=O)OCOC(C)=O)CC(=O)OCOC(C)=O. The van der Waals surface area contributed by atoms with Gasteiger partial charge in [0.25, 0.3) is 0 Å². The highest BCUT2D eigenvalue weighted by molar-refractivity contribution is 7.02. The summed E-state index contributed by atoms with van der Waals surface area (Å²) >= 11 is 0. The van der Waals surface area contributed by atoms with Crippen LogP contribution in [0.5, 0.6) is 5.75 Å².